The summed E-state index contributed by atoms with van der Waals surface area (Å²) in [5, 5.41) is 2.86. The maximum absolute atomic E-state index is 12.9. The molecular weight excluding hydrogens is 539 g/mol. The predicted octanol–water partition coefficient (Wildman–Crippen LogP) is 1.97. The molecule has 1 aliphatic rings. The van der Waals surface area contributed by atoms with E-state index in [0.29, 0.717) is 19.4 Å². The van der Waals surface area contributed by atoms with Crippen LogP contribution in [0.2, 0.25) is 0 Å². The first-order valence-electron chi connectivity index (χ1n) is 10.9. The van der Waals surface area contributed by atoms with Crippen molar-refractivity contribution in [2.75, 3.05) is 11.3 Å². The van der Waals surface area contributed by atoms with Gasteiger partial charge in [-0.3, -0.25) is 4.72 Å². The summed E-state index contributed by atoms with van der Waals surface area (Å²) in [5.41, 5.74) is -4.88. The summed E-state index contributed by atoms with van der Waals surface area (Å²) >= 11 is 0. The summed E-state index contributed by atoms with van der Waals surface area (Å²) in [6.07, 6.45) is 0.796. The van der Waals surface area contributed by atoms with Gasteiger partial charge in [0, 0.05) is 5.69 Å². The number of carbonyl (C=O) groups is 2. The number of rotatable bonds is 9. The maximum atomic E-state index is 12.9. The third-order valence-corrected chi connectivity index (χ3v) is 8.01. The highest BCUT2D eigenvalue weighted by atomic mass is 32.2. The van der Waals surface area contributed by atoms with Gasteiger partial charge >= 0.3 is 27.5 Å². The molecule has 2 aromatic carbocycles. The fraction of sp³-hybridized carbons (Fsp3) is 0.364. The Bertz CT molecular complexity index is 1340. The molecule has 1 aliphatic heterocycles. The van der Waals surface area contributed by atoms with Gasteiger partial charge in [0.25, 0.3) is 0 Å². The number of alkyl halides is 3. The van der Waals surface area contributed by atoms with Gasteiger partial charge in [-0.2, -0.15) is 26.3 Å². The lowest BCUT2D eigenvalue weighted by molar-refractivity contribution is -0.162. The van der Waals surface area contributed by atoms with Crippen molar-refractivity contribution < 1.29 is 44.3 Å². The number of hydrogen-bond acceptors (Lipinski definition) is 8. The van der Waals surface area contributed by atoms with E-state index in [2.05, 4.69) is 10.0 Å². The number of halogens is 3. The van der Waals surface area contributed by atoms with Crippen molar-refractivity contribution in [1.29, 1.82) is 0 Å². The van der Waals surface area contributed by atoms with Crippen LogP contribution < -0.4 is 14.8 Å². The van der Waals surface area contributed by atoms with Gasteiger partial charge in [0.15, 0.2) is 0 Å². The van der Waals surface area contributed by atoms with Gasteiger partial charge in [-0.1, -0.05) is 29.8 Å². The number of esters is 2. The fourth-order valence-electron chi connectivity index (χ4n) is 3.43. The van der Waals surface area contributed by atoms with Crippen molar-refractivity contribution in [2.45, 2.75) is 48.7 Å². The van der Waals surface area contributed by atoms with Crippen LogP contribution >= 0.6 is 0 Å². The van der Waals surface area contributed by atoms with E-state index >= 15 is 0 Å². The van der Waals surface area contributed by atoms with E-state index in [1.165, 1.54) is 29.0 Å². The minimum Gasteiger partial charge on any atom is -0.391 e. The third kappa shape index (κ3) is 7.50. The maximum Gasteiger partial charge on any atom is 0.516 e. The summed E-state index contributed by atoms with van der Waals surface area (Å²) in [7, 11) is -9.88. The number of nitrogens with one attached hydrogen (secondary N) is 3. The summed E-state index contributed by atoms with van der Waals surface area (Å²) in [6, 6.07) is 7.92. The van der Waals surface area contributed by atoms with Gasteiger partial charge in [0.1, 0.15) is 12.1 Å². The third-order valence-electron chi connectivity index (χ3n) is 5.41. The number of carbonyl (C=O) groups excluding carboxylic acids is 2. The Balaban J connectivity index is 1.81. The van der Waals surface area contributed by atoms with Crippen LogP contribution in [0.1, 0.15) is 24.0 Å². The van der Waals surface area contributed by atoms with Gasteiger partial charge in [0.2, 0.25) is 10.0 Å². The van der Waals surface area contributed by atoms with Crippen molar-refractivity contribution in [3.8, 4) is 0 Å². The molecule has 0 spiro atoms. The van der Waals surface area contributed by atoms with Crippen LogP contribution in [0.3, 0.4) is 0 Å². The predicted molar refractivity (Wildman–Crippen MR) is 126 cm³/mol. The second kappa shape index (κ2) is 11.2. The van der Waals surface area contributed by atoms with Gasteiger partial charge in [-0.25, -0.2) is 18.0 Å². The van der Waals surface area contributed by atoms with Gasteiger partial charge < -0.3 is 10.1 Å². The van der Waals surface area contributed by atoms with Gasteiger partial charge in [-0.15, -0.1) is 0 Å². The van der Waals surface area contributed by atoms with Crippen LogP contribution in [0.15, 0.2) is 53.4 Å². The molecule has 2 atom stereocenters. The Morgan fingerprint density at radius 2 is 1.68 bits per heavy atom. The van der Waals surface area contributed by atoms with Gasteiger partial charge in [0.05, 0.1) is 4.90 Å². The second-order valence-electron chi connectivity index (χ2n) is 8.33. The molecule has 1 fully saturated rings. The number of hydrogen-bond donors (Lipinski definition) is 3. The molecule has 0 bridgehead atoms. The van der Waals surface area contributed by atoms with Gasteiger partial charge in [-0.05, 0) is 62.6 Å². The highest BCUT2D eigenvalue weighted by Gasteiger charge is 2.46. The van der Waals surface area contributed by atoms with Crippen LogP contribution in [0, 0.1) is 6.92 Å². The molecule has 202 valence electrons. The number of benzene rings is 2. The molecule has 0 saturated carbocycles. The quantitative estimate of drug-likeness (QED) is 0.310. The van der Waals surface area contributed by atoms with E-state index < -0.39 is 55.3 Å². The van der Waals surface area contributed by atoms with E-state index in [1.54, 1.807) is 19.1 Å². The lowest BCUT2D eigenvalue weighted by atomic mass is 10.1. The average Bonchev–Trinajstić information content (AvgIpc) is 3.34. The normalized spacial score (nSPS) is 17.2. The molecule has 3 N–H and O–H groups in total. The Hall–Kier alpha value is -3.01. The molecule has 10 nitrogen and oxygen atoms in total. The van der Waals surface area contributed by atoms with E-state index in [9.17, 15) is 39.6 Å². The molecule has 37 heavy (non-hydrogen) atoms. The Morgan fingerprint density at radius 1 is 1.05 bits per heavy atom. The Morgan fingerprint density at radius 3 is 2.22 bits per heavy atom. The SMILES string of the molecule is Cc1ccc(S(=O)(=O)N[C@@H](Cc2ccc(NS(=O)(=O)C(F)(F)F)cc2)C(=O)OC(=O)[C@@H]2CCCN2)cc1. The van der Waals surface area contributed by atoms with E-state index in [1.807, 2.05) is 0 Å². The number of anilines is 1. The fourth-order valence-corrected chi connectivity index (χ4v) is 5.18. The zero-order chi connectivity index (χ0) is 27.4. The average molecular weight is 564 g/mol. The van der Waals surface area contributed by atoms with Crippen molar-refractivity contribution in [3.63, 3.8) is 0 Å². The second-order valence-corrected chi connectivity index (χ2v) is 11.7. The molecule has 1 heterocycles. The molecular formula is C22H24F3N3O7S2. The lowest BCUT2D eigenvalue weighted by Gasteiger charge is -2.19. The van der Waals surface area contributed by atoms with Crippen LogP contribution in [-0.2, 0) is 40.8 Å². The van der Waals surface area contributed by atoms with E-state index in [4.69, 9.17) is 4.74 Å². The van der Waals surface area contributed by atoms with E-state index in [0.717, 1.165) is 17.7 Å². The summed E-state index contributed by atoms with van der Waals surface area (Å²) in [5.74, 6) is -2.03. The molecule has 0 radical (unpaired) electrons. The lowest BCUT2D eigenvalue weighted by Crippen LogP contribution is -2.45. The van der Waals surface area contributed by atoms with Crippen molar-refractivity contribution in [3.05, 3.63) is 59.7 Å². The minimum atomic E-state index is -5.64. The molecule has 1 saturated heterocycles. The molecule has 0 amide bonds. The Kier molecular flexibility index (Phi) is 8.62. The largest absolute Gasteiger partial charge is 0.516 e. The van der Waals surface area contributed by atoms with Crippen LogP contribution in [0.25, 0.3) is 0 Å². The number of aryl methyl sites for hydroxylation is 1. The highest BCUT2D eigenvalue weighted by Crippen LogP contribution is 2.25. The van der Waals surface area contributed by atoms with Crippen molar-refractivity contribution in [1.82, 2.24) is 10.0 Å². The van der Waals surface area contributed by atoms with Crippen molar-refractivity contribution >= 4 is 37.7 Å². The monoisotopic (exact) mass is 563 g/mol. The van der Waals surface area contributed by atoms with Crippen LogP contribution in [0.5, 0.6) is 0 Å². The summed E-state index contributed by atoms with van der Waals surface area (Å²) in [6.45, 7) is 2.31. The van der Waals surface area contributed by atoms with Crippen molar-refractivity contribution in [2.24, 2.45) is 0 Å². The summed E-state index contributed by atoms with van der Waals surface area (Å²) in [4.78, 5) is 25.0. The topological polar surface area (TPSA) is 148 Å². The first kappa shape index (κ1) is 28.6. The molecule has 15 heteroatoms. The minimum absolute atomic E-state index is 0.142. The van der Waals surface area contributed by atoms with Crippen LogP contribution in [0.4, 0.5) is 18.9 Å². The van der Waals surface area contributed by atoms with E-state index in [-0.39, 0.29) is 16.9 Å². The zero-order valence-electron chi connectivity index (χ0n) is 19.4. The number of sulfonamides is 2. The smallest absolute Gasteiger partial charge is 0.391 e. The Labute approximate surface area is 211 Å². The molecule has 3 rings (SSSR count). The molecule has 0 unspecified atom stereocenters. The zero-order valence-corrected chi connectivity index (χ0v) is 21.0. The van der Waals surface area contributed by atoms with Crippen LogP contribution in [-0.4, -0.2) is 52.9 Å². The first-order valence-corrected chi connectivity index (χ1v) is 13.9. The summed E-state index contributed by atoms with van der Waals surface area (Å²) < 4.78 is 94.7. The number of ether oxygens (including phenoxy) is 1. The first-order chi connectivity index (χ1) is 17.2. The molecule has 2 aromatic rings. The highest BCUT2D eigenvalue weighted by molar-refractivity contribution is 7.93. The molecule has 0 aliphatic carbocycles. The standard InChI is InChI=1S/C22H24F3N3O7S2/c1-14-4-10-17(11-5-14)36(31,32)28-19(21(30)35-20(29)18-3-2-12-26-18)13-15-6-8-16(9-7-15)27-37(33,34)22(23,24)25/h4-11,18-19,26-28H,2-3,12-13H2,1H3/t18-,19-/m0/s1. The molecule has 0 aromatic heterocycles.